The number of quaternary nitrogens is 1. The summed E-state index contributed by atoms with van der Waals surface area (Å²) in [6, 6.07) is 0. The summed E-state index contributed by atoms with van der Waals surface area (Å²) < 4.78 is 0. The number of hydrogen-bond donors (Lipinski definition) is 1. The third-order valence-electron chi connectivity index (χ3n) is 1.85. The van der Waals surface area contributed by atoms with Gasteiger partial charge < -0.3 is 44.2 Å². The molecule has 0 spiro atoms. The lowest BCUT2D eigenvalue weighted by Crippen LogP contribution is -3.00. The summed E-state index contributed by atoms with van der Waals surface area (Å²) in [7, 11) is 6.42. The maximum absolute atomic E-state index is 2.26. The number of hydrogen-bond acceptors (Lipinski definition) is 1. The average Bonchev–Trinajstić information content (AvgIpc) is 1.96. The Bertz CT molecular complexity index is 80.0. The van der Waals surface area contributed by atoms with Crippen molar-refractivity contribution in [2.24, 2.45) is 0 Å². The smallest absolute Gasteiger partial charge is 0.0753 e. The molecule has 0 rings (SSSR count). The zero-order valence-electron chi connectivity index (χ0n) is 9.02. The fourth-order valence-electron chi connectivity index (χ4n) is 1.13. The molecule has 0 fully saturated rings. The SMILES string of the molecule is C[NH2+]CCCCCCN(C)C.[Br-].[Br-]. The standard InChI is InChI=1S/C9H22N2.2BrH/c1-10-8-6-4-5-7-9-11(2)3;;/h10H,4-9H2,1-3H3;2*1H/p-1. The van der Waals surface area contributed by atoms with Gasteiger partial charge in [0.2, 0.25) is 0 Å². The molecule has 0 heterocycles. The van der Waals surface area contributed by atoms with E-state index in [4.69, 9.17) is 0 Å². The predicted molar refractivity (Wildman–Crippen MR) is 49.7 cm³/mol. The van der Waals surface area contributed by atoms with Crippen LogP contribution in [0.5, 0.6) is 0 Å². The lowest BCUT2D eigenvalue weighted by Gasteiger charge is -2.07. The summed E-state index contributed by atoms with van der Waals surface area (Å²) in [4.78, 5) is 2.26. The minimum absolute atomic E-state index is 0. The van der Waals surface area contributed by atoms with Crippen LogP contribution in [0.1, 0.15) is 25.7 Å². The predicted octanol–water partition coefficient (Wildman–Crippen LogP) is -5.69. The molecule has 13 heavy (non-hydrogen) atoms. The molecule has 0 radical (unpaired) electrons. The maximum atomic E-state index is 2.26. The van der Waals surface area contributed by atoms with Crippen molar-refractivity contribution in [3.05, 3.63) is 0 Å². The van der Waals surface area contributed by atoms with Crippen LogP contribution in [0.15, 0.2) is 0 Å². The summed E-state index contributed by atoms with van der Waals surface area (Å²) >= 11 is 0. The van der Waals surface area contributed by atoms with Crippen molar-refractivity contribution in [1.82, 2.24) is 4.90 Å². The van der Waals surface area contributed by atoms with Gasteiger partial charge in [-0.2, -0.15) is 0 Å². The molecular formula is C9H23Br2N2-. The van der Waals surface area contributed by atoms with E-state index in [2.05, 4.69) is 31.4 Å². The van der Waals surface area contributed by atoms with Crippen LogP contribution in [0, 0.1) is 0 Å². The van der Waals surface area contributed by atoms with Crippen LogP contribution in [0.4, 0.5) is 0 Å². The first-order chi connectivity index (χ1) is 5.27. The minimum atomic E-state index is 0. The van der Waals surface area contributed by atoms with E-state index in [9.17, 15) is 0 Å². The van der Waals surface area contributed by atoms with Gasteiger partial charge in [0.25, 0.3) is 0 Å². The molecular weight excluding hydrogens is 296 g/mol. The fourth-order valence-corrected chi connectivity index (χ4v) is 1.13. The first-order valence-electron chi connectivity index (χ1n) is 4.70. The molecule has 0 aliphatic heterocycles. The van der Waals surface area contributed by atoms with Crippen molar-refractivity contribution < 1.29 is 39.3 Å². The summed E-state index contributed by atoms with van der Waals surface area (Å²) in [6.07, 6.45) is 5.53. The van der Waals surface area contributed by atoms with Crippen LogP contribution in [-0.4, -0.2) is 39.1 Å². The Hall–Kier alpha value is 0.880. The van der Waals surface area contributed by atoms with E-state index >= 15 is 0 Å². The van der Waals surface area contributed by atoms with Crippen molar-refractivity contribution in [2.75, 3.05) is 34.2 Å². The molecule has 84 valence electrons. The van der Waals surface area contributed by atoms with Crippen molar-refractivity contribution in [3.8, 4) is 0 Å². The molecule has 2 N–H and O–H groups in total. The second-order valence-electron chi connectivity index (χ2n) is 3.41. The van der Waals surface area contributed by atoms with Crippen molar-refractivity contribution in [1.29, 1.82) is 0 Å². The number of halogens is 2. The first kappa shape index (κ1) is 19.5. The lowest BCUT2D eigenvalue weighted by atomic mass is 10.2. The first-order valence-corrected chi connectivity index (χ1v) is 4.70. The Kier molecular flexibility index (Phi) is 23.0. The number of nitrogens with two attached hydrogens (primary N) is 1. The molecule has 0 aliphatic carbocycles. The second kappa shape index (κ2) is 15.4. The molecule has 0 aromatic rings. The van der Waals surface area contributed by atoms with E-state index < -0.39 is 0 Å². The van der Waals surface area contributed by atoms with Crippen LogP contribution < -0.4 is 39.3 Å². The highest BCUT2D eigenvalue weighted by Gasteiger charge is 1.91. The maximum Gasteiger partial charge on any atom is 0.0753 e. The average molecular weight is 319 g/mol. The summed E-state index contributed by atoms with van der Waals surface area (Å²) in [5.41, 5.74) is 0. The monoisotopic (exact) mass is 317 g/mol. The molecule has 4 heteroatoms. The van der Waals surface area contributed by atoms with Gasteiger partial charge in [-0.25, -0.2) is 0 Å². The molecule has 0 unspecified atom stereocenters. The highest BCUT2D eigenvalue weighted by atomic mass is 79.9. The van der Waals surface area contributed by atoms with Gasteiger partial charge in [0.1, 0.15) is 0 Å². The molecule has 0 aromatic heterocycles. The van der Waals surface area contributed by atoms with E-state index in [1.165, 1.54) is 38.8 Å². The molecule has 0 saturated heterocycles. The number of rotatable bonds is 7. The summed E-state index contributed by atoms with van der Waals surface area (Å²) in [5.74, 6) is 0. The summed E-state index contributed by atoms with van der Waals surface area (Å²) in [6.45, 7) is 2.54. The van der Waals surface area contributed by atoms with Gasteiger partial charge in [0, 0.05) is 0 Å². The zero-order chi connectivity index (χ0) is 8.53. The molecule has 0 atom stereocenters. The van der Waals surface area contributed by atoms with Gasteiger partial charge in [0.05, 0.1) is 13.6 Å². The van der Waals surface area contributed by atoms with E-state index in [1.54, 1.807) is 0 Å². The highest BCUT2D eigenvalue weighted by molar-refractivity contribution is 4.45. The molecule has 0 saturated carbocycles. The second-order valence-corrected chi connectivity index (χ2v) is 3.41. The minimum Gasteiger partial charge on any atom is -1.00 e. The molecule has 0 amide bonds. The number of unbranched alkanes of at least 4 members (excludes halogenated alkanes) is 3. The van der Waals surface area contributed by atoms with Gasteiger partial charge >= 0.3 is 0 Å². The Labute approximate surface area is 104 Å². The van der Waals surface area contributed by atoms with Gasteiger partial charge in [-0.1, -0.05) is 6.42 Å². The Morgan fingerprint density at radius 3 is 1.92 bits per heavy atom. The molecule has 2 nitrogen and oxygen atoms in total. The van der Waals surface area contributed by atoms with Gasteiger partial charge in [-0.3, -0.25) is 0 Å². The summed E-state index contributed by atoms with van der Waals surface area (Å²) in [5, 5.41) is 2.26. The Balaban J connectivity index is -0.000000500. The van der Waals surface area contributed by atoms with Crippen molar-refractivity contribution in [2.45, 2.75) is 25.7 Å². The Morgan fingerprint density at radius 1 is 0.923 bits per heavy atom. The van der Waals surface area contributed by atoms with Crippen LogP contribution in [0.3, 0.4) is 0 Å². The van der Waals surface area contributed by atoms with E-state index in [1.807, 2.05) is 0 Å². The molecule has 0 aromatic carbocycles. The zero-order valence-corrected chi connectivity index (χ0v) is 12.2. The quantitative estimate of drug-likeness (QED) is 0.464. The third kappa shape index (κ3) is 19.3. The van der Waals surface area contributed by atoms with E-state index in [-0.39, 0.29) is 34.0 Å². The van der Waals surface area contributed by atoms with Crippen LogP contribution >= 0.6 is 0 Å². The highest BCUT2D eigenvalue weighted by Crippen LogP contribution is 1.98. The van der Waals surface area contributed by atoms with Crippen LogP contribution in [0.25, 0.3) is 0 Å². The van der Waals surface area contributed by atoms with E-state index in [0.29, 0.717) is 0 Å². The van der Waals surface area contributed by atoms with E-state index in [0.717, 1.165) is 0 Å². The van der Waals surface area contributed by atoms with Crippen LogP contribution in [-0.2, 0) is 0 Å². The number of nitrogens with zero attached hydrogens (tertiary/aromatic N) is 1. The Morgan fingerprint density at radius 2 is 1.46 bits per heavy atom. The third-order valence-corrected chi connectivity index (χ3v) is 1.85. The normalized spacial score (nSPS) is 9.23. The largest absolute Gasteiger partial charge is 1.00 e. The van der Waals surface area contributed by atoms with Gasteiger partial charge in [-0.05, 0) is 39.9 Å². The van der Waals surface area contributed by atoms with Gasteiger partial charge in [-0.15, -0.1) is 0 Å². The lowest BCUT2D eigenvalue weighted by molar-refractivity contribution is -0.627. The van der Waals surface area contributed by atoms with Crippen LogP contribution in [0.2, 0.25) is 0 Å². The molecule has 0 aliphatic rings. The van der Waals surface area contributed by atoms with Crippen molar-refractivity contribution >= 4 is 0 Å². The topological polar surface area (TPSA) is 19.9 Å². The fraction of sp³-hybridized carbons (Fsp3) is 1.00. The van der Waals surface area contributed by atoms with Gasteiger partial charge in [0.15, 0.2) is 0 Å². The molecule has 0 bridgehead atoms. The van der Waals surface area contributed by atoms with Crippen molar-refractivity contribution in [3.63, 3.8) is 0 Å².